The number of furan rings is 1. The van der Waals surface area contributed by atoms with E-state index in [4.69, 9.17) is 24.4 Å². The predicted molar refractivity (Wildman–Crippen MR) is 182 cm³/mol. The predicted octanol–water partition coefficient (Wildman–Crippen LogP) is 10.1. The van der Waals surface area contributed by atoms with Crippen molar-refractivity contribution in [1.82, 2.24) is 19.9 Å². The van der Waals surface area contributed by atoms with Gasteiger partial charge in [-0.3, -0.25) is 4.98 Å². The van der Waals surface area contributed by atoms with Gasteiger partial charge in [0.15, 0.2) is 17.5 Å². The quantitative estimate of drug-likeness (QED) is 0.195. The van der Waals surface area contributed by atoms with Crippen LogP contribution in [0, 0.1) is 0 Å². The molecule has 6 aromatic carbocycles. The zero-order valence-electron chi connectivity index (χ0n) is 24.1. The molecule has 9 aromatic rings. The maximum absolute atomic E-state index is 6.54. The van der Waals surface area contributed by atoms with E-state index < -0.39 is 0 Å². The summed E-state index contributed by atoms with van der Waals surface area (Å²) in [6.45, 7) is 0. The van der Waals surface area contributed by atoms with Crippen LogP contribution >= 0.6 is 0 Å². The third-order valence-electron chi connectivity index (χ3n) is 8.34. The summed E-state index contributed by atoms with van der Waals surface area (Å²) in [5.41, 5.74) is 7.33. The highest BCUT2D eigenvalue weighted by Crippen LogP contribution is 2.40. The molecule has 3 aromatic heterocycles. The number of hydrogen-bond donors (Lipinski definition) is 0. The maximum atomic E-state index is 6.54. The Bertz CT molecular complexity index is 2480. The van der Waals surface area contributed by atoms with Gasteiger partial charge in [-0.1, -0.05) is 109 Å². The molecule has 0 aliphatic rings. The van der Waals surface area contributed by atoms with Crippen molar-refractivity contribution in [2.75, 3.05) is 0 Å². The second-order valence-corrected chi connectivity index (χ2v) is 11.1. The summed E-state index contributed by atoms with van der Waals surface area (Å²) in [4.78, 5) is 19.7. The van der Waals surface area contributed by atoms with Crippen LogP contribution in [0.2, 0.25) is 0 Å². The first-order valence-corrected chi connectivity index (χ1v) is 14.9. The second-order valence-electron chi connectivity index (χ2n) is 11.1. The molecule has 0 spiro atoms. The highest BCUT2D eigenvalue weighted by Gasteiger charge is 2.20. The van der Waals surface area contributed by atoms with Crippen LogP contribution in [0.25, 0.3) is 88.9 Å². The Labute approximate surface area is 258 Å². The molecule has 0 amide bonds. The van der Waals surface area contributed by atoms with Gasteiger partial charge in [0.2, 0.25) is 0 Å². The van der Waals surface area contributed by atoms with Gasteiger partial charge in [0.05, 0.1) is 11.1 Å². The number of hydrogen-bond acceptors (Lipinski definition) is 5. The zero-order chi connectivity index (χ0) is 29.7. The van der Waals surface area contributed by atoms with Gasteiger partial charge in [0.1, 0.15) is 11.2 Å². The van der Waals surface area contributed by atoms with E-state index in [0.29, 0.717) is 17.5 Å². The van der Waals surface area contributed by atoms with Gasteiger partial charge >= 0.3 is 0 Å². The first-order valence-electron chi connectivity index (χ1n) is 14.9. The molecule has 0 unspecified atom stereocenters. The molecular weight excluding hydrogens is 552 g/mol. The van der Waals surface area contributed by atoms with Crippen molar-refractivity contribution in [3.8, 4) is 45.3 Å². The average Bonchev–Trinajstić information content (AvgIpc) is 3.50. The van der Waals surface area contributed by atoms with Crippen LogP contribution < -0.4 is 0 Å². The van der Waals surface area contributed by atoms with Gasteiger partial charge < -0.3 is 4.42 Å². The van der Waals surface area contributed by atoms with Crippen molar-refractivity contribution >= 4 is 43.6 Å². The Morgan fingerprint density at radius 1 is 0.422 bits per heavy atom. The number of aromatic nitrogens is 4. The normalized spacial score (nSPS) is 11.6. The summed E-state index contributed by atoms with van der Waals surface area (Å²) in [5.74, 6) is 1.77. The van der Waals surface area contributed by atoms with E-state index in [-0.39, 0.29) is 0 Å². The van der Waals surface area contributed by atoms with Crippen LogP contribution in [-0.2, 0) is 0 Å². The van der Waals surface area contributed by atoms with Gasteiger partial charge in [-0.2, -0.15) is 0 Å². The van der Waals surface area contributed by atoms with E-state index in [2.05, 4.69) is 54.6 Å². The lowest BCUT2D eigenvalue weighted by Gasteiger charge is -2.11. The van der Waals surface area contributed by atoms with E-state index >= 15 is 0 Å². The lowest BCUT2D eigenvalue weighted by molar-refractivity contribution is 0.669. The monoisotopic (exact) mass is 576 g/mol. The molecule has 0 saturated heterocycles. The number of pyridine rings is 1. The van der Waals surface area contributed by atoms with Crippen molar-refractivity contribution in [1.29, 1.82) is 0 Å². The van der Waals surface area contributed by atoms with E-state index in [0.717, 1.165) is 71.4 Å². The van der Waals surface area contributed by atoms with Crippen molar-refractivity contribution in [3.63, 3.8) is 0 Å². The molecule has 5 heteroatoms. The van der Waals surface area contributed by atoms with Crippen LogP contribution in [0.1, 0.15) is 0 Å². The highest BCUT2D eigenvalue weighted by molar-refractivity contribution is 6.12. The Balaban J connectivity index is 1.34. The van der Waals surface area contributed by atoms with Crippen LogP contribution in [0.3, 0.4) is 0 Å². The molecule has 0 fully saturated rings. The minimum absolute atomic E-state index is 0.557. The number of nitrogens with zero attached hydrogens (tertiary/aromatic N) is 4. The van der Waals surface area contributed by atoms with Crippen LogP contribution in [0.5, 0.6) is 0 Å². The van der Waals surface area contributed by atoms with Gasteiger partial charge in [-0.15, -0.1) is 0 Å². The van der Waals surface area contributed by atoms with E-state index in [1.165, 1.54) is 0 Å². The smallest absolute Gasteiger partial charge is 0.167 e. The summed E-state index contributed by atoms with van der Waals surface area (Å²) in [6, 6.07) is 47.5. The lowest BCUT2D eigenvalue weighted by Crippen LogP contribution is -2.00. The molecule has 9 rings (SSSR count). The van der Waals surface area contributed by atoms with Gasteiger partial charge in [0, 0.05) is 38.9 Å². The molecule has 0 atom stereocenters. The summed E-state index contributed by atoms with van der Waals surface area (Å²) in [5, 5.41) is 5.44. The lowest BCUT2D eigenvalue weighted by atomic mass is 9.96. The SMILES string of the molecule is c1ccc(-c2nc(-c3ccccc3)nc(-c3cc(-c4ccc5ccc6cccnc6c5c4)cc4c3oc3ccccc34)n2)cc1. The molecule has 0 saturated carbocycles. The molecule has 0 N–H and O–H groups in total. The molecule has 0 aliphatic heterocycles. The fourth-order valence-corrected chi connectivity index (χ4v) is 6.13. The molecule has 0 aliphatic carbocycles. The minimum atomic E-state index is 0.557. The van der Waals surface area contributed by atoms with E-state index in [9.17, 15) is 0 Å². The van der Waals surface area contributed by atoms with Crippen LogP contribution in [-0.4, -0.2) is 19.9 Å². The van der Waals surface area contributed by atoms with Crippen molar-refractivity contribution < 1.29 is 4.42 Å². The summed E-state index contributed by atoms with van der Waals surface area (Å²) >= 11 is 0. The topological polar surface area (TPSA) is 64.7 Å². The Kier molecular flexibility index (Phi) is 5.74. The Morgan fingerprint density at radius 2 is 1.07 bits per heavy atom. The Hall–Kier alpha value is -6.20. The molecule has 0 radical (unpaired) electrons. The Morgan fingerprint density at radius 3 is 1.84 bits per heavy atom. The first-order chi connectivity index (χ1) is 22.3. The van der Waals surface area contributed by atoms with Crippen molar-refractivity contribution in [2.24, 2.45) is 0 Å². The van der Waals surface area contributed by atoms with Gasteiger partial charge in [-0.25, -0.2) is 15.0 Å². The summed E-state index contributed by atoms with van der Waals surface area (Å²) < 4.78 is 6.54. The molecule has 3 heterocycles. The molecule has 45 heavy (non-hydrogen) atoms. The summed E-state index contributed by atoms with van der Waals surface area (Å²) in [6.07, 6.45) is 1.85. The third-order valence-corrected chi connectivity index (χ3v) is 8.34. The fourth-order valence-electron chi connectivity index (χ4n) is 6.13. The van der Waals surface area contributed by atoms with Gasteiger partial charge in [-0.05, 0) is 46.8 Å². The summed E-state index contributed by atoms with van der Waals surface area (Å²) in [7, 11) is 0. The minimum Gasteiger partial charge on any atom is -0.455 e. The second kappa shape index (κ2) is 10.2. The molecule has 5 nitrogen and oxygen atoms in total. The van der Waals surface area contributed by atoms with Crippen molar-refractivity contribution in [2.45, 2.75) is 0 Å². The fraction of sp³-hybridized carbons (Fsp3) is 0. The van der Waals surface area contributed by atoms with Gasteiger partial charge in [0.25, 0.3) is 0 Å². The third kappa shape index (κ3) is 4.33. The van der Waals surface area contributed by atoms with Crippen LogP contribution in [0.4, 0.5) is 0 Å². The average molecular weight is 577 g/mol. The number of benzene rings is 6. The zero-order valence-corrected chi connectivity index (χ0v) is 24.1. The highest BCUT2D eigenvalue weighted by atomic mass is 16.3. The van der Waals surface area contributed by atoms with Crippen LogP contribution in [0.15, 0.2) is 150 Å². The maximum Gasteiger partial charge on any atom is 0.167 e. The van der Waals surface area contributed by atoms with E-state index in [1.807, 2.05) is 91.1 Å². The standard InChI is InChI=1S/C40H24N4O/c1-3-10-27(11-4-1)38-42-39(28-12-5-2-6-13-28)44-40(43-38)34-24-30(23-33-31-15-7-8-16-35(31)45-37(33)34)29-20-18-25-17-19-26-14-9-21-41-36(26)32(25)22-29/h1-24H. The van der Waals surface area contributed by atoms with E-state index in [1.54, 1.807) is 0 Å². The molecule has 0 bridgehead atoms. The number of fused-ring (bicyclic) bond motifs is 6. The first kappa shape index (κ1) is 25.3. The molecular formula is C40H24N4O. The molecule has 210 valence electrons. The largest absolute Gasteiger partial charge is 0.455 e. The van der Waals surface area contributed by atoms with Crippen molar-refractivity contribution in [3.05, 3.63) is 146 Å². The number of para-hydroxylation sites is 1. The number of rotatable bonds is 4.